The molecule has 7 heteroatoms. The van der Waals surface area contributed by atoms with Crippen molar-refractivity contribution in [3.8, 4) is 11.5 Å². The molecule has 1 heterocycles. The van der Waals surface area contributed by atoms with E-state index in [0.29, 0.717) is 24.6 Å². The minimum atomic E-state index is -2.95. The van der Waals surface area contributed by atoms with Crippen molar-refractivity contribution < 1.29 is 23.0 Å². The van der Waals surface area contributed by atoms with Crippen molar-refractivity contribution in [3.05, 3.63) is 17.7 Å². The quantitative estimate of drug-likeness (QED) is 0.927. The second-order valence-corrected chi connectivity index (χ2v) is 5.42. The third-order valence-corrected chi connectivity index (χ3v) is 3.97. The molecule has 22 heavy (non-hydrogen) atoms. The first-order valence-corrected chi connectivity index (χ1v) is 7.28. The Balaban J connectivity index is 2.07. The number of hydrogen-bond acceptors (Lipinski definition) is 4. The van der Waals surface area contributed by atoms with E-state index in [0.717, 1.165) is 18.5 Å². The van der Waals surface area contributed by atoms with E-state index in [4.69, 9.17) is 4.74 Å². The van der Waals surface area contributed by atoms with Crippen LogP contribution in [0.15, 0.2) is 12.1 Å². The van der Waals surface area contributed by atoms with Crippen LogP contribution in [0.25, 0.3) is 0 Å². The zero-order chi connectivity index (χ0) is 15.7. The molecule has 0 saturated heterocycles. The second kappa shape index (κ2) is 5.98. The van der Waals surface area contributed by atoms with Crippen molar-refractivity contribution in [1.29, 1.82) is 0 Å². The number of ether oxygens (including phenoxy) is 2. The molecule has 0 aromatic heterocycles. The SMILES string of the molecule is COc1ccc2c(c1OC(F)F)CNC(=O)CCN2C1CC1. The van der Waals surface area contributed by atoms with Gasteiger partial charge in [-0.05, 0) is 25.0 Å². The highest BCUT2D eigenvalue weighted by molar-refractivity contribution is 5.78. The average molecular weight is 312 g/mol. The largest absolute Gasteiger partial charge is 0.493 e. The molecule has 1 aliphatic carbocycles. The predicted molar refractivity (Wildman–Crippen MR) is 76.5 cm³/mol. The summed E-state index contributed by atoms with van der Waals surface area (Å²) >= 11 is 0. The Morgan fingerprint density at radius 3 is 2.77 bits per heavy atom. The number of hydrogen-bond donors (Lipinski definition) is 1. The minimum absolute atomic E-state index is 0.00264. The van der Waals surface area contributed by atoms with Gasteiger partial charge in [0.1, 0.15) is 0 Å². The molecular weight excluding hydrogens is 294 g/mol. The van der Waals surface area contributed by atoms with Crippen LogP contribution in [0, 0.1) is 0 Å². The van der Waals surface area contributed by atoms with Crippen molar-refractivity contribution in [2.75, 3.05) is 18.6 Å². The van der Waals surface area contributed by atoms with Crippen molar-refractivity contribution in [3.63, 3.8) is 0 Å². The number of alkyl halides is 2. The lowest BCUT2D eigenvalue weighted by molar-refractivity contribution is -0.121. The maximum atomic E-state index is 12.8. The predicted octanol–water partition coefficient (Wildman–Crippen LogP) is 2.29. The van der Waals surface area contributed by atoms with Crippen LogP contribution in [0.4, 0.5) is 14.5 Å². The molecule has 1 amide bonds. The summed E-state index contributed by atoms with van der Waals surface area (Å²) in [5.74, 6) is 0.148. The summed E-state index contributed by atoms with van der Waals surface area (Å²) in [6, 6.07) is 3.86. The van der Waals surface area contributed by atoms with E-state index >= 15 is 0 Å². The number of anilines is 1. The summed E-state index contributed by atoms with van der Waals surface area (Å²) < 4.78 is 35.3. The first kappa shape index (κ1) is 14.9. The fourth-order valence-electron chi connectivity index (χ4n) is 2.80. The Labute approximate surface area is 127 Å². The zero-order valence-electron chi connectivity index (χ0n) is 12.3. The van der Waals surface area contributed by atoms with Crippen molar-refractivity contribution in [2.45, 2.75) is 38.5 Å². The van der Waals surface area contributed by atoms with Crippen molar-refractivity contribution in [2.24, 2.45) is 0 Å². The van der Waals surface area contributed by atoms with Gasteiger partial charge in [0.05, 0.1) is 7.11 Å². The summed E-state index contributed by atoms with van der Waals surface area (Å²) in [7, 11) is 1.40. The van der Waals surface area contributed by atoms with E-state index in [1.54, 1.807) is 6.07 Å². The third kappa shape index (κ3) is 2.93. The Bertz CT molecular complexity index is 576. The maximum Gasteiger partial charge on any atom is 0.387 e. The molecular formula is C15H18F2N2O3. The van der Waals surface area contributed by atoms with Crippen molar-refractivity contribution >= 4 is 11.6 Å². The van der Waals surface area contributed by atoms with Crippen LogP contribution in [0.1, 0.15) is 24.8 Å². The molecule has 5 nitrogen and oxygen atoms in total. The number of amides is 1. The van der Waals surface area contributed by atoms with Gasteiger partial charge in [-0.15, -0.1) is 0 Å². The van der Waals surface area contributed by atoms with Crippen LogP contribution < -0.4 is 19.7 Å². The Hall–Kier alpha value is -2.05. The number of methoxy groups -OCH3 is 1. The number of halogens is 2. The summed E-state index contributed by atoms with van der Waals surface area (Å²) in [6.07, 6.45) is 2.50. The van der Waals surface area contributed by atoms with E-state index < -0.39 is 6.61 Å². The van der Waals surface area contributed by atoms with Gasteiger partial charge in [-0.1, -0.05) is 0 Å². The van der Waals surface area contributed by atoms with Crippen molar-refractivity contribution in [1.82, 2.24) is 5.32 Å². The van der Waals surface area contributed by atoms with E-state index in [1.807, 2.05) is 6.07 Å². The lowest BCUT2D eigenvalue weighted by Crippen LogP contribution is -2.36. The van der Waals surface area contributed by atoms with Gasteiger partial charge in [0, 0.05) is 36.8 Å². The molecule has 1 saturated carbocycles. The van der Waals surface area contributed by atoms with Gasteiger partial charge in [-0.3, -0.25) is 4.79 Å². The molecule has 1 aromatic rings. The Morgan fingerprint density at radius 1 is 1.36 bits per heavy atom. The number of carbonyl (C=O) groups excluding carboxylic acids is 1. The zero-order valence-corrected chi connectivity index (χ0v) is 12.3. The molecule has 1 aliphatic heterocycles. The lowest BCUT2D eigenvalue weighted by Gasteiger charge is -2.30. The standard InChI is InChI=1S/C15H18F2N2O3/c1-21-12-5-4-11-10(14(12)22-15(16)17)8-18-13(20)6-7-19(11)9-2-3-9/h4-5,9,15H,2-3,6-8H2,1H3,(H,18,20). The maximum absolute atomic E-state index is 12.8. The van der Waals surface area contributed by atoms with Crippen LogP contribution >= 0.6 is 0 Å². The van der Waals surface area contributed by atoms with E-state index in [1.165, 1.54) is 7.11 Å². The first-order valence-electron chi connectivity index (χ1n) is 7.28. The molecule has 0 bridgehead atoms. The monoisotopic (exact) mass is 312 g/mol. The topological polar surface area (TPSA) is 50.8 Å². The minimum Gasteiger partial charge on any atom is -0.493 e. The molecule has 0 spiro atoms. The van der Waals surface area contributed by atoms with Crippen LogP contribution in [-0.4, -0.2) is 32.2 Å². The molecule has 0 atom stereocenters. The molecule has 2 aliphatic rings. The number of fused-ring (bicyclic) bond motifs is 1. The first-order chi connectivity index (χ1) is 10.6. The van der Waals surface area contributed by atoms with Gasteiger partial charge >= 0.3 is 6.61 Å². The highest BCUT2D eigenvalue weighted by atomic mass is 19.3. The van der Waals surface area contributed by atoms with Gasteiger partial charge in [0.25, 0.3) is 0 Å². The molecule has 0 radical (unpaired) electrons. The summed E-state index contributed by atoms with van der Waals surface area (Å²) in [4.78, 5) is 13.9. The molecule has 1 fully saturated rings. The Kier molecular flexibility index (Phi) is 4.04. The van der Waals surface area contributed by atoms with Gasteiger partial charge in [0.15, 0.2) is 11.5 Å². The van der Waals surface area contributed by atoms with Crippen LogP contribution in [0.3, 0.4) is 0 Å². The fraction of sp³-hybridized carbons (Fsp3) is 0.533. The van der Waals surface area contributed by atoms with Crippen LogP contribution in [-0.2, 0) is 11.3 Å². The molecule has 120 valence electrons. The summed E-state index contributed by atoms with van der Waals surface area (Å²) in [5.41, 5.74) is 1.37. The number of benzene rings is 1. The fourth-order valence-corrected chi connectivity index (χ4v) is 2.80. The number of nitrogens with one attached hydrogen (secondary N) is 1. The lowest BCUT2D eigenvalue weighted by atomic mass is 10.1. The molecule has 3 rings (SSSR count). The van der Waals surface area contributed by atoms with Gasteiger partial charge in [-0.25, -0.2) is 0 Å². The van der Waals surface area contributed by atoms with E-state index in [9.17, 15) is 13.6 Å². The van der Waals surface area contributed by atoms with Crippen LogP contribution in [0.2, 0.25) is 0 Å². The Morgan fingerprint density at radius 2 is 2.14 bits per heavy atom. The molecule has 1 N–H and O–H groups in total. The number of carbonyl (C=O) groups is 1. The summed E-state index contributed by atoms with van der Waals surface area (Å²) in [5, 5.41) is 2.74. The smallest absolute Gasteiger partial charge is 0.387 e. The number of nitrogens with zero attached hydrogens (tertiary/aromatic N) is 1. The summed E-state index contributed by atoms with van der Waals surface area (Å²) in [6.45, 7) is -2.23. The van der Waals surface area contributed by atoms with Gasteiger partial charge < -0.3 is 19.7 Å². The molecule has 0 unspecified atom stereocenters. The van der Waals surface area contributed by atoms with Gasteiger partial charge in [0.2, 0.25) is 5.91 Å². The number of rotatable bonds is 4. The van der Waals surface area contributed by atoms with Crippen LogP contribution in [0.5, 0.6) is 11.5 Å². The third-order valence-electron chi connectivity index (χ3n) is 3.97. The molecule has 1 aromatic carbocycles. The normalized spacial score (nSPS) is 18.4. The second-order valence-electron chi connectivity index (χ2n) is 5.42. The highest BCUT2D eigenvalue weighted by Crippen LogP contribution is 2.42. The van der Waals surface area contributed by atoms with E-state index in [2.05, 4.69) is 15.0 Å². The average Bonchev–Trinajstić information content (AvgIpc) is 3.28. The highest BCUT2D eigenvalue weighted by Gasteiger charge is 2.33. The van der Waals surface area contributed by atoms with E-state index in [-0.39, 0.29) is 24.0 Å². The van der Waals surface area contributed by atoms with Gasteiger partial charge in [-0.2, -0.15) is 8.78 Å².